The molecule has 0 aromatic rings. The highest BCUT2D eigenvalue weighted by Gasteiger charge is 2.47. The topological polar surface area (TPSA) is 75.6 Å². The number of carboxylic acid groups (broad SMARTS) is 1. The van der Waals surface area contributed by atoms with E-state index >= 15 is 0 Å². The average molecular weight is 279 g/mol. The monoisotopic (exact) mass is 279 g/mol. The minimum atomic E-state index is -3.11. The van der Waals surface area contributed by atoms with E-state index in [0.717, 1.165) is 0 Å². The van der Waals surface area contributed by atoms with Crippen molar-refractivity contribution < 1.29 is 28.2 Å². The number of amides is 1. The maximum atomic E-state index is 13.6. The van der Waals surface area contributed by atoms with Crippen LogP contribution < -0.4 is 5.32 Å². The van der Waals surface area contributed by atoms with Crippen LogP contribution in [0.4, 0.5) is 13.6 Å². The van der Waals surface area contributed by atoms with Crippen molar-refractivity contribution in [3.05, 3.63) is 0 Å². The quantitative estimate of drug-likeness (QED) is 0.813. The molecule has 0 saturated heterocycles. The Labute approximate surface area is 110 Å². The third-order valence-electron chi connectivity index (χ3n) is 2.90. The van der Waals surface area contributed by atoms with E-state index in [1.807, 2.05) is 0 Å². The molecule has 2 atom stereocenters. The van der Waals surface area contributed by atoms with E-state index in [4.69, 9.17) is 9.84 Å². The van der Waals surface area contributed by atoms with E-state index < -0.39 is 42.0 Å². The fourth-order valence-corrected chi connectivity index (χ4v) is 1.95. The fourth-order valence-electron chi connectivity index (χ4n) is 1.95. The highest BCUT2D eigenvalue weighted by atomic mass is 19.3. The first-order chi connectivity index (χ1) is 8.51. The Hall–Kier alpha value is -1.40. The van der Waals surface area contributed by atoms with Gasteiger partial charge in [-0.05, 0) is 33.6 Å². The number of carbonyl (C=O) groups excluding carboxylic acids is 1. The van der Waals surface area contributed by atoms with Crippen molar-refractivity contribution in [1.29, 1.82) is 0 Å². The molecule has 7 heteroatoms. The zero-order chi connectivity index (χ0) is 14.8. The molecule has 1 aliphatic rings. The first-order valence-corrected chi connectivity index (χ1v) is 6.11. The van der Waals surface area contributed by atoms with Crippen LogP contribution in [-0.2, 0) is 9.53 Å². The third-order valence-corrected chi connectivity index (χ3v) is 2.90. The third kappa shape index (κ3) is 4.65. The predicted octanol–water partition coefficient (Wildman–Crippen LogP) is 2.40. The lowest BCUT2D eigenvalue weighted by Gasteiger charge is -2.35. The van der Waals surface area contributed by atoms with Crippen molar-refractivity contribution in [1.82, 2.24) is 5.32 Å². The van der Waals surface area contributed by atoms with Gasteiger partial charge < -0.3 is 15.2 Å². The number of ether oxygens (including phenoxy) is 1. The molecule has 19 heavy (non-hydrogen) atoms. The number of hydrogen-bond donors (Lipinski definition) is 2. The van der Waals surface area contributed by atoms with Crippen LogP contribution in [0.15, 0.2) is 0 Å². The normalized spacial score (nSPS) is 26.6. The van der Waals surface area contributed by atoms with E-state index in [0.29, 0.717) is 0 Å². The molecule has 1 rings (SSSR count). The Kier molecular flexibility index (Phi) is 4.37. The maximum Gasteiger partial charge on any atom is 0.408 e. The van der Waals surface area contributed by atoms with Gasteiger partial charge in [0.2, 0.25) is 0 Å². The van der Waals surface area contributed by atoms with E-state index in [1.54, 1.807) is 20.8 Å². The number of alkyl halides is 2. The second-order valence-electron chi connectivity index (χ2n) is 5.77. The summed E-state index contributed by atoms with van der Waals surface area (Å²) in [6.45, 7) is 4.85. The second-order valence-corrected chi connectivity index (χ2v) is 5.77. The average Bonchev–Trinajstić information content (AvgIpc) is 2.17. The molecule has 0 aromatic carbocycles. The molecule has 1 fully saturated rings. The summed E-state index contributed by atoms with van der Waals surface area (Å²) < 4.78 is 32.2. The van der Waals surface area contributed by atoms with E-state index in [2.05, 4.69) is 5.32 Å². The lowest BCUT2D eigenvalue weighted by molar-refractivity contribution is -0.147. The van der Waals surface area contributed by atoms with E-state index in [1.165, 1.54) is 0 Å². The number of carbonyl (C=O) groups is 2. The number of rotatable bonds is 2. The van der Waals surface area contributed by atoms with Crippen LogP contribution in [0.5, 0.6) is 0 Å². The minimum absolute atomic E-state index is 0.0885. The largest absolute Gasteiger partial charge is 0.481 e. The summed E-state index contributed by atoms with van der Waals surface area (Å²) in [5.74, 6) is -5.09. The van der Waals surface area contributed by atoms with Crippen LogP contribution in [0.25, 0.3) is 0 Å². The molecule has 5 nitrogen and oxygen atoms in total. The second kappa shape index (κ2) is 5.30. The van der Waals surface area contributed by atoms with Crippen molar-refractivity contribution >= 4 is 12.1 Å². The molecule has 0 bridgehead atoms. The van der Waals surface area contributed by atoms with E-state index in [-0.39, 0.29) is 12.8 Å². The summed E-state index contributed by atoms with van der Waals surface area (Å²) in [5, 5.41) is 10.9. The lowest BCUT2D eigenvalue weighted by atomic mass is 9.83. The van der Waals surface area contributed by atoms with E-state index in [9.17, 15) is 18.4 Å². The first-order valence-electron chi connectivity index (χ1n) is 6.11. The molecule has 0 aliphatic heterocycles. The molecule has 0 aromatic heterocycles. The molecule has 0 radical (unpaired) electrons. The number of carboxylic acids is 1. The summed E-state index contributed by atoms with van der Waals surface area (Å²) in [6.07, 6.45) is -1.89. The summed E-state index contributed by atoms with van der Waals surface area (Å²) in [7, 11) is 0. The van der Waals surface area contributed by atoms with Crippen molar-refractivity contribution in [3.63, 3.8) is 0 Å². The van der Waals surface area contributed by atoms with Gasteiger partial charge in [0.05, 0.1) is 12.0 Å². The van der Waals surface area contributed by atoms with Crippen molar-refractivity contribution in [2.24, 2.45) is 5.92 Å². The first kappa shape index (κ1) is 15.7. The van der Waals surface area contributed by atoms with Crippen LogP contribution in [0, 0.1) is 5.92 Å². The molecule has 1 aliphatic carbocycles. The Bertz CT molecular complexity index is 365. The van der Waals surface area contributed by atoms with Gasteiger partial charge in [-0.3, -0.25) is 4.79 Å². The van der Waals surface area contributed by atoms with Crippen molar-refractivity contribution in [2.45, 2.75) is 57.6 Å². The zero-order valence-corrected chi connectivity index (χ0v) is 11.2. The highest BCUT2D eigenvalue weighted by molar-refractivity contribution is 5.71. The zero-order valence-electron chi connectivity index (χ0n) is 11.2. The van der Waals surface area contributed by atoms with Gasteiger partial charge in [0.25, 0.3) is 5.92 Å². The van der Waals surface area contributed by atoms with Gasteiger partial charge in [0, 0.05) is 6.42 Å². The lowest BCUT2D eigenvalue weighted by Crippen LogP contribution is -2.53. The molecule has 110 valence electrons. The summed E-state index contributed by atoms with van der Waals surface area (Å²) in [5.41, 5.74) is -0.791. The molecule has 0 spiro atoms. The highest BCUT2D eigenvalue weighted by Crippen LogP contribution is 2.36. The van der Waals surface area contributed by atoms with Crippen molar-refractivity contribution in [3.8, 4) is 0 Å². The van der Waals surface area contributed by atoms with Crippen LogP contribution in [-0.4, -0.2) is 34.7 Å². The van der Waals surface area contributed by atoms with Gasteiger partial charge in [-0.2, -0.15) is 0 Å². The van der Waals surface area contributed by atoms with Crippen LogP contribution in [0.3, 0.4) is 0 Å². The number of halogens is 2. The molecule has 1 saturated carbocycles. The fraction of sp³-hybridized carbons (Fsp3) is 0.833. The number of alkyl carbamates (subject to hydrolysis) is 1. The number of hydrogen-bond acceptors (Lipinski definition) is 3. The standard InChI is InChI=1S/C12H19F2NO4/c1-11(2,3)19-10(18)15-8-6-7(9(16)17)4-5-12(8,13)14/h7-8H,4-6H2,1-3H3,(H,15,18)(H,16,17)/t7-,8+/m0/s1. The Morgan fingerprint density at radius 1 is 1.37 bits per heavy atom. The van der Waals surface area contributed by atoms with Gasteiger partial charge >= 0.3 is 12.1 Å². The summed E-state index contributed by atoms with van der Waals surface area (Å²) in [4.78, 5) is 22.3. The number of nitrogens with one attached hydrogen (secondary N) is 1. The molecule has 2 N–H and O–H groups in total. The van der Waals surface area contributed by atoms with Crippen molar-refractivity contribution in [2.75, 3.05) is 0 Å². The Morgan fingerprint density at radius 3 is 2.42 bits per heavy atom. The molecular weight excluding hydrogens is 260 g/mol. The summed E-state index contributed by atoms with van der Waals surface area (Å²) in [6, 6.07) is -1.50. The van der Waals surface area contributed by atoms with Gasteiger partial charge in [-0.1, -0.05) is 0 Å². The Balaban J connectivity index is 2.67. The molecular formula is C12H19F2NO4. The molecule has 1 amide bonds. The smallest absolute Gasteiger partial charge is 0.408 e. The van der Waals surface area contributed by atoms with Gasteiger partial charge in [0.1, 0.15) is 5.60 Å². The van der Waals surface area contributed by atoms with Gasteiger partial charge in [-0.15, -0.1) is 0 Å². The van der Waals surface area contributed by atoms with Gasteiger partial charge in [0.15, 0.2) is 0 Å². The number of aliphatic carboxylic acids is 1. The van der Waals surface area contributed by atoms with Crippen LogP contribution in [0.2, 0.25) is 0 Å². The molecule has 0 heterocycles. The Morgan fingerprint density at radius 2 is 1.95 bits per heavy atom. The van der Waals surface area contributed by atoms with Gasteiger partial charge in [-0.25, -0.2) is 13.6 Å². The van der Waals surface area contributed by atoms with Crippen LogP contribution >= 0.6 is 0 Å². The maximum absolute atomic E-state index is 13.6. The summed E-state index contributed by atoms with van der Waals surface area (Å²) >= 11 is 0. The molecule has 0 unspecified atom stereocenters. The minimum Gasteiger partial charge on any atom is -0.481 e. The predicted molar refractivity (Wildman–Crippen MR) is 63.1 cm³/mol. The van der Waals surface area contributed by atoms with Crippen LogP contribution in [0.1, 0.15) is 40.0 Å². The SMILES string of the molecule is CC(C)(C)OC(=O)N[C@@H]1C[C@@H](C(=O)O)CCC1(F)F.